The van der Waals surface area contributed by atoms with Gasteiger partial charge in [0.05, 0.1) is 17.8 Å². The molecule has 1 aromatic heterocycles. The Hall–Kier alpha value is -1.99. The molecule has 0 aliphatic heterocycles. The molecule has 0 aliphatic rings. The topological polar surface area (TPSA) is 99.1 Å². The van der Waals surface area contributed by atoms with Crippen molar-refractivity contribution in [3.63, 3.8) is 0 Å². The van der Waals surface area contributed by atoms with E-state index in [0.29, 0.717) is 25.3 Å². The minimum atomic E-state index is -1.23. The van der Waals surface area contributed by atoms with Gasteiger partial charge in [-0.2, -0.15) is 0 Å². The number of halogens is 1. The Bertz CT molecular complexity index is 682. The highest BCUT2D eigenvalue weighted by molar-refractivity contribution is 9.10. The molecule has 0 spiro atoms. The smallest absolute Gasteiger partial charge is 0.350 e. The minimum Gasteiger partial charge on any atom is -0.477 e. The molecule has 122 valence electrons. The van der Waals surface area contributed by atoms with Gasteiger partial charge in [-0.25, -0.2) is 9.78 Å². The van der Waals surface area contributed by atoms with E-state index in [1.807, 2.05) is 24.3 Å². The second-order valence-electron chi connectivity index (χ2n) is 5.10. The predicted octanol–water partition coefficient (Wildman–Crippen LogP) is 3.45. The summed E-state index contributed by atoms with van der Waals surface area (Å²) < 4.78 is 5.98. The van der Waals surface area contributed by atoms with Crippen LogP contribution < -0.4 is 0 Å². The first-order chi connectivity index (χ1) is 11.0. The van der Waals surface area contributed by atoms with Gasteiger partial charge in [-0.05, 0) is 30.5 Å². The van der Waals surface area contributed by atoms with E-state index >= 15 is 0 Å². The van der Waals surface area contributed by atoms with Gasteiger partial charge in [0.15, 0.2) is 0 Å². The Labute approximate surface area is 142 Å². The number of nitrogens with one attached hydrogen (secondary N) is 2. The average Bonchev–Trinajstić information content (AvgIpc) is 3.01. The van der Waals surface area contributed by atoms with E-state index in [1.54, 1.807) is 13.3 Å². The number of aromatic nitrogens is 2. The maximum absolute atomic E-state index is 11.2. The maximum atomic E-state index is 11.2. The number of nitrogens with zero attached hydrogens (tertiary/aromatic N) is 1. The lowest BCUT2D eigenvalue weighted by Gasteiger charge is -2.13. The van der Waals surface area contributed by atoms with Crippen LogP contribution in [0.1, 0.15) is 24.6 Å². The van der Waals surface area contributed by atoms with Crippen LogP contribution in [0, 0.1) is 5.41 Å². The molecule has 6 nitrogen and oxygen atoms in total. The lowest BCUT2D eigenvalue weighted by molar-refractivity contribution is -0.129. The van der Waals surface area contributed by atoms with Crippen LogP contribution in [0.15, 0.2) is 34.9 Å². The number of carbonyl (C=O) groups is 1. The summed E-state index contributed by atoms with van der Waals surface area (Å²) in [6.45, 7) is 0.518. The van der Waals surface area contributed by atoms with Crippen molar-refractivity contribution in [1.29, 1.82) is 5.41 Å². The fraction of sp³-hybridized carbons (Fsp3) is 0.312. The highest BCUT2D eigenvalue weighted by atomic mass is 79.9. The number of rotatable bonds is 8. The van der Waals surface area contributed by atoms with Crippen molar-refractivity contribution in [2.24, 2.45) is 0 Å². The van der Waals surface area contributed by atoms with E-state index in [-0.39, 0.29) is 5.71 Å². The lowest BCUT2D eigenvalue weighted by Crippen LogP contribution is -2.22. The Morgan fingerprint density at radius 1 is 1.43 bits per heavy atom. The summed E-state index contributed by atoms with van der Waals surface area (Å²) in [5.74, 6) is -1.31. The van der Waals surface area contributed by atoms with Gasteiger partial charge in [-0.15, -0.1) is 0 Å². The number of aliphatic carboxylic acids is 1. The molecule has 1 atom stereocenters. The van der Waals surface area contributed by atoms with Crippen molar-refractivity contribution >= 4 is 27.6 Å². The standard InChI is InChI=1S/C16H18BrN3O3/c1-23-8-2-3-12(14(18)16(21)22)15-19-9-13(20-15)10-4-6-11(17)7-5-10/h4-7,9,12,18H,2-3,8H2,1H3,(H,19,20)(H,21,22). The van der Waals surface area contributed by atoms with Crippen molar-refractivity contribution in [1.82, 2.24) is 9.97 Å². The van der Waals surface area contributed by atoms with Crippen LogP contribution in [0.4, 0.5) is 0 Å². The quantitative estimate of drug-likeness (QED) is 0.483. The number of carboxylic acids is 1. The number of carboxylic acid groups (broad SMARTS) is 1. The Morgan fingerprint density at radius 2 is 2.13 bits per heavy atom. The number of ether oxygens (including phenoxy) is 1. The highest BCUT2D eigenvalue weighted by Gasteiger charge is 2.25. The Balaban J connectivity index is 2.23. The molecule has 23 heavy (non-hydrogen) atoms. The molecule has 7 heteroatoms. The van der Waals surface area contributed by atoms with Crippen molar-refractivity contribution in [2.45, 2.75) is 18.8 Å². The SMILES string of the molecule is COCCCC(C(=N)C(=O)O)c1ncc(-c2ccc(Br)cc2)[nH]1. The molecular formula is C16H18BrN3O3. The molecular weight excluding hydrogens is 362 g/mol. The fourth-order valence-electron chi connectivity index (χ4n) is 2.29. The molecule has 1 unspecified atom stereocenters. The number of hydrogen-bond donors (Lipinski definition) is 3. The van der Waals surface area contributed by atoms with Crippen LogP contribution >= 0.6 is 15.9 Å². The van der Waals surface area contributed by atoms with Gasteiger partial charge in [0.2, 0.25) is 0 Å². The van der Waals surface area contributed by atoms with E-state index in [1.165, 1.54) is 0 Å². The molecule has 0 saturated heterocycles. The Kier molecular flexibility index (Phi) is 6.06. The van der Waals surface area contributed by atoms with E-state index in [0.717, 1.165) is 15.7 Å². The average molecular weight is 380 g/mol. The van der Waals surface area contributed by atoms with Gasteiger partial charge in [-0.1, -0.05) is 28.1 Å². The molecule has 2 rings (SSSR count). The number of aromatic amines is 1. The molecule has 0 aliphatic carbocycles. The maximum Gasteiger partial charge on any atom is 0.350 e. The molecule has 0 amide bonds. The van der Waals surface area contributed by atoms with Crippen molar-refractivity contribution < 1.29 is 14.6 Å². The van der Waals surface area contributed by atoms with Crippen LogP contribution in [-0.4, -0.2) is 40.5 Å². The van der Waals surface area contributed by atoms with Gasteiger partial charge in [0.1, 0.15) is 11.5 Å². The molecule has 3 N–H and O–H groups in total. The number of H-pyrrole nitrogens is 1. The van der Waals surface area contributed by atoms with Gasteiger partial charge < -0.3 is 14.8 Å². The molecule has 0 saturated carbocycles. The third kappa shape index (κ3) is 4.49. The fourth-order valence-corrected chi connectivity index (χ4v) is 2.55. The van der Waals surface area contributed by atoms with E-state index in [2.05, 4.69) is 25.9 Å². The van der Waals surface area contributed by atoms with E-state index in [4.69, 9.17) is 15.3 Å². The summed E-state index contributed by atoms with van der Waals surface area (Å²) in [5.41, 5.74) is 1.38. The van der Waals surface area contributed by atoms with Crippen LogP contribution in [-0.2, 0) is 9.53 Å². The first-order valence-corrected chi connectivity index (χ1v) is 7.93. The zero-order chi connectivity index (χ0) is 16.8. The van der Waals surface area contributed by atoms with Crippen LogP contribution in [0.2, 0.25) is 0 Å². The summed E-state index contributed by atoms with van der Waals surface area (Å²) in [7, 11) is 1.59. The summed E-state index contributed by atoms with van der Waals surface area (Å²) in [4.78, 5) is 18.6. The summed E-state index contributed by atoms with van der Waals surface area (Å²) in [6.07, 6.45) is 2.81. The predicted molar refractivity (Wildman–Crippen MR) is 90.9 cm³/mol. The monoisotopic (exact) mass is 379 g/mol. The third-order valence-electron chi connectivity index (χ3n) is 3.50. The molecule has 1 heterocycles. The normalized spacial score (nSPS) is 12.1. The largest absolute Gasteiger partial charge is 0.477 e. The van der Waals surface area contributed by atoms with Crippen molar-refractivity contribution in [2.75, 3.05) is 13.7 Å². The number of imidazole rings is 1. The number of benzene rings is 1. The summed E-state index contributed by atoms with van der Waals surface area (Å²) in [5, 5.41) is 16.9. The van der Waals surface area contributed by atoms with Gasteiger partial charge in [0, 0.05) is 18.2 Å². The summed E-state index contributed by atoms with van der Waals surface area (Å²) in [6, 6.07) is 7.71. The van der Waals surface area contributed by atoms with Gasteiger partial charge in [-0.3, -0.25) is 5.41 Å². The Morgan fingerprint density at radius 3 is 2.74 bits per heavy atom. The first-order valence-electron chi connectivity index (χ1n) is 7.14. The minimum absolute atomic E-state index is 0.363. The second kappa shape index (κ2) is 8.03. The highest BCUT2D eigenvalue weighted by Crippen LogP contribution is 2.25. The van der Waals surface area contributed by atoms with Gasteiger partial charge in [0.25, 0.3) is 0 Å². The van der Waals surface area contributed by atoms with Crippen LogP contribution in [0.5, 0.6) is 0 Å². The molecule has 1 aromatic carbocycles. The van der Waals surface area contributed by atoms with Crippen LogP contribution in [0.25, 0.3) is 11.3 Å². The lowest BCUT2D eigenvalue weighted by atomic mass is 9.97. The molecule has 0 radical (unpaired) electrons. The molecule has 0 fully saturated rings. The second-order valence-corrected chi connectivity index (χ2v) is 6.01. The van der Waals surface area contributed by atoms with E-state index < -0.39 is 11.9 Å². The molecule has 0 bridgehead atoms. The summed E-state index contributed by atoms with van der Waals surface area (Å²) >= 11 is 3.39. The van der Waals surface area contributed by atoms with Crippen molar-refractivity contribution in [3.05, 3.63) is 40.8 Å². The third-order valence-corrected chi connectivity index (χ3v) is 4.03. The zero-order valence-electron chi connectivity index (χ0n) is 12.7. The van der Waals surface area contributed by atoms with Gasteiger partial charge >= 0.3 is 5.97 Å². The number of hydrogen-bond acceptors (Lipinski definition) is 4. The zero-order valence-corrected chi connectivity index (χ0v) is 14.3. The van der Waals surface area contributed by atoms with E-state index in [9.17, 15) is 4.79 Å². The first kappa shape index (κ1) is 17.4. The van der Waals surface area contributed by atoms with Crippen LogP contribution in [0.3, 0.4) is 0 Å². The number of methoxy groups -OCH3 is 1. The molecule has 2 aromatic rings. The van der Waals surface area contributed by atoms with Crippen molar-refractivity contribution in [3.8, 4) is 11.3 Å².